The number of hydrogen-bond acceptors (Lipinski definition) is 4. The Kier molecular flexibility index (Phi) is 4.50. The third-order valence-corrected chi connectivity index (χ3v) is 5.14. The van der Waals surface area contributed by atoms with Crippen LogP contribution in [0.3, 0.4) is 0 Å². The summed E-state index contributed by atoms with van der Waals surface area (Å²) in [5, 5.41) is 11.7. The lowest BCUT2D eigenvalue weighted by Gasteiger charge is -2.26. The molecule has 1 unspecified atom stereocenters. The molecule has 0 radical (unpaired) electrons. The van der Waals surface area contributed by atoms with E-state index in [0.717, 1.165) is 22.0 Å². The number of para-hydroxylation sites is 1. The summed E-state index contributed by atoms with van der Waals surface area (Å²) in [4.78, 5) is 9.11. The lowest BCUT2D eigenvalue weighted by atomic mass is 9.95. The van der Waals surface area contributed by atoms with Crippen molar-refractivity contribution in [1.29, 1.82) is 0 Å². The Hall–Kier alpha value is -2.63. The Labute approximate surface area is 162 Å². The predicted molar refractivity (Wildman–Crippen MR) is 110 cm³/mol. The first-order chi connectivity index (χ1) is 13.0. The zero-order valence-corrected chi connectivity index (χ0v) is 16.0. The molecule has 0 aliphatic rings. The van der Waals surface area contributed by atoms with Crippen LogP contribution in [0, 0.1) is 5.92 Å². The minimum atomic E-state index is -0.181. The lowest BCUT2D eigenvalue weighted by molar-refractivity contribution is 0.259. The minimum absolute atomic E-state index is 0.0281. The zero-order chi connectivity index (χ0) is 19.1. The maximum absolute atomic E-state index is 10.0. The maximum Gasteiger partial charge on any atom is 0.152 e. The van der Waals surface area contributed by atoms with Crippen LogP contribution in [0.15, 0.2) is 48.5 Å². The van der Waals surface area contributed by atoms with Crippen LogP contribution in [0.1, 0.15) is 31.3 Å². The fraction of sp³-hybridized carbons (Fsp3) is 0.238. The van der Waals surface area contributed by atoms with Crippen LogP contribution in [0.4, 0.5) is 5.82 Å². The molecule has 2 aromatic heterocycles. The number of aliphatic hydroxyl groups excluding tert-OH is 1. The van der Waals surface area contributed by atoms with E-state index in [0.29, 0.717) is 22.2 Å². The smallest absolute Gasteiger partial charge is 0.152 e. The molecule has 6 heteroatoms. The highest BCUT2D eigenvalue weighted by Crippen LogP contribution is 2.36. The van der Waals surface area contributed by atoms with Gasteiger partial charge in [-0.25, -0.2) is 9.97 Å². The molecule has 0 aliphatic heterocycles. The second-order valence-electron chi connectivity index (χ2n) is 7.01. The maximum atomic E-state index is 10.0. The molecular formula is C21H21ClN4O. The Morgan fingerprint density at radius 3 is 2.44 bits per heavy atom. The molecule has 138 valence electrons. The van der Waals surface area contributed by atoms with Crippen LogP contribution < -0.4 is 5.73 Å². The predicted octanol–water partition coefficient (Wildman–Crippen LogP) is 4.56. The number of nitrogens with zero attached hydrogens (tertiary/aromatic N) is 3. The number of benzene rings is 2. The van der Waals surface area contributed by atoms with Crippen molar-refractivity contribution < 1.29 is 5.11 Å². The first-order valence-electron chi connectivity index (χ1n) is 8.92. The summed E-state index contributed by atoms with van der Waals surface area (Å²) in [7, 11) is 0. The summed E-state index contributed by atoms with van der Waals surface area (Å²) in [5.41, 5.74) is 9.64. The van der Waals surface area contributed by atoms with Gasteiger partial charge in [0, 0.05) is 10.4 Å². The van der Waals surface area contributed by atoms with Gasteiger partial charge in [-0.3, -0.25) is 0 Å². The van der Waals surface area contributed by atoms with Gasteiger partial charge in [0.15, 0.2) is 5.82 Å². The van der Waals surface area contributed by atoms with Gasteiger partial charge < -0.3 is 15.4 Å². The van der Waals surface area contributed by atoms with E-state index >= 15 is 0 Å². The minimum Gasteiger partial charge on any atom is -0.388 e. The number of aromatic nitrogens is 3. The molecule has 2 heterocycles. The van der Waals surface area contributed by atoms with Crippen LogP contribution in [0.5, 0.6) is 0 Å². The molecule has 4 rings (SSSR count). The average Bonchev–Trinajstić information content (AvgIpc) is 3.04. The molecule has 0 fully saturated rings. The van der Waals surface area contributed by atoms with Crippen molar-refractivity contribution in [1.82, 2.24) is 14.5 Å². The number of nitrogen functional groups attached to an aromatic ring is 1. The highest BCUT2D eigenvalue weighted by molar-refractivity contribution is 6.30. The van der Waals surface area contributed by atoms with E-state index in [4.69, 9.17) is 17.3 Å². The first kappa shape index (κ1) is 17.8. The van der Waals surface area contributed by atoms with Crippen LogP contribution in [0.2, 0.25) is 5.02 Å². The Morgan fingerprint density at radius 2 is 1.78 bits per heavy atom. The van der Waals surface area contributed by atoms with Crippen molar-refractivity contribution in [2.75, 3.05) is 5.73 Å². The number of hydrogen-bond donors (Lipinski definition) is 2. The van der Waals surface area contributed by atoms with E-state index in [9.17, 15) is 5.11 Å². The summed E-state index contributed by atoms with van der Waals surface area (Å²) < 4.78 is 2.10. The van der Waals surface area contributed by atoms with Crippen LogP contribution in [-0.4, -0.2) is 19.6 Å². The van der Waals surface area contributed by atoms with Crippen LogP contribution >= 0.6 is 11.6 Å². The summed E-state index contributed by atoms with van der Waals surface area (Å²) in [6.07, 6.45) is 0. The second-order valence-corrected chi connectivity index (χ2v) is 7.44. The fourth-order valence-corrected chi connectivity index (χ4v) is 3.90. The molecule has 2 aromatic carbocycles. The van der Waals surface area contributed by atoms with Gasteiger partial charge in [0.1, 0.15) is 17.9 Å². The quantitative estimate of drug-likeness (QED) is 0.544. The fourth-order valence-electron chi connectivity index (χ4n) is 3.77. The summed E-state index contributed by atoms with van der Waals surface area (Å²) in [6, 6.07) is 15.7. The molecule has 0 bridgehead atoms. The van der Waals surface area contributed by atoms with E-state index < -0.39 is 0 Å². The van der Waals surface area contributed by atoms with Gasteiger partial charge in [-0.2, -0.15) is 0 Å². The molecule has 4 aromatic rings. The van der Waals surface area contributed by atoms with Crippen LogP contribution in [-0.2, 0) is 6.61 Å². The van der Waals surface area contributed by atoms with Crippen LogP contribution in [0.25, 0.3) is 21.9 Å². The molecule has 1 atom stereocenters. The number of nitrogens with two attached hydrogens (primary N) is 1. The van der Waals surface area contributed by atoms with Crippen molar-refractivity contribution >= 4 is 39.4 Å². The Morgan fingerprint density at radius 1 is 1.07 bits per heavy atom. The molecule has 0 aliphatic carbocycles. The molecule has 0 amide bonds. The van der Waals surface area contributed by atoms with Crippen molar-refractivity contribution in [3.8, 4) is 0 Å². The number of pyridine rings is 1. The molecule has 0 saturated carbocycles. The topological polar surface area (TPSA) is 77.0 Å². The van der Waals surface area contributed by atoms with E-state index in [1.54, 1.807) is 0 Å². The second kappa shape index (κ2) is 6.83. The number of aliphatic hydroxyl groups is 1. The largest absolute Gasteiger partial charge is 0.388 e. The van der Waals surface area contributed by atoms with Gasteiger partial charge in [0.2, 0.25) is 0 Å². The summed E-state index contributed by atoms with van der Waals surface area (Å²) in [6.45, 7) is 4.12. The molecule has 0 spiro atoms. The molecule has 27 heavy (non-hydrogen) atoms. The van der Waals surface area contributed by atoms with E-state index in [-0.39, 0.29) is 18.6 Å². The number of imidazole rings is 1. The van der Waals surface area contributed by atoms with Crippen molar-refractivity contribution in [3.05, 3.63) is 64.9 Å². The average molecular weight is 381 g/mol. The van der Waals surface area contributed by atoms with E-state index in [2.05, 4.69) is 28.4 Å². The van der Waals surface area contributed by atoms with Gasteiger partial charge in [-0.1, -0.05) is 55.8 Å². The normalized spacial score (nSPS) is 12.9. The third kappa shape index (κ3) is 2.93. The number of rotatable bonds is 4. The van der Waals surface area contributed by atoms with Gasteiger partial charge >= 0.3 is 0 Å². The van der Waals surface area contributed by atoms with Crippen molar-refractivity contribution in [3.63, 3.8) is 0 Å². The van der Waals surface area contributed by atoms with Gasteiger partial charge in [-0.15, -0.1) is 0 Å². The van der Waals surface area contributed by atoms with E-state index in [1.165, 1.54) is 0 Å². The zero-order valence-electron chi connectivity index (χ0n) is 15.2. The van der Waals surface area contributed by atoms with Crippen molar-refractivity contribution in [2.24, 2.45) is 5.92 Å². The van der Waals surface area contributed by atoms with Gasteiger partial charge in [-0.05, 0) is 29.7 Å². The third-order valence-electron chi connectivity index (χ3n) is 4.89. The highest BCUT2D eigenvalue weighted by Gasteiger charge is 2.26. The lowest BCUT2D eigenvalue weighted by Crippen LogP contribution is -2.19. The number of fused-ring (bicyclic) bond motifs is 3. The summed E-state index contributed by atoms with van der Waals surface area (Å²) in [5.74, 6) is 1.20. The first-order valence-corrected chi connectivity index (χ1v) is 9.30. The highest BCUT2D eigenvalue weighted by atomic mass is 35.5. The molecule has 5 nitrogen and oxygen atoms in total. The molecule has 3 N–H and O–H groups in total. The molecular weight excluding hydrogens is 360 g/mol. The SMILES string of the molecule is CC(C)C(c1ccc(Cl)cc1)n1c(CO)nc2c(N)nc3ccccc3c21. The summed E-state index contributed by atoms with van der Waals surface area (Å²) >= 11 is 6.09. The van der Waals surface area contributed by atoms with E-state index in [1.807, 2.05) is 48.5 Å². The standard InChI is InChI=1S/C21H21ClN4O/c1-12(2)19(13-7-9-14(22)10-8-13)26-17(11-27)25-18-20(26)15-5-3-4-6-16(15)24-21(18)23/h3-10,12,19,27H,11H2,1-2H3,(H2,23,24). The van der Waals surface area contributed by atoms with Gasteiger partial charge in [0.05, 0.1) is 17.1 Å². The van der Waals surface area contributed by atoms with Gasteiger partial charge in [0.25, 0.3) is 0 Å². The molecule has 0 saturated heterocycles. The monoisotopic (exact) mass is 380 g/mol. The Bertz CT molecular complexity index is 1120. The number of anilines is 1. The number of halogens is 1. The van der Waals surface area contributed by atoms with Crippen molar-refractivity contribution in [2.45, 2.75) is 26.5 Å². The Balaban J connectivity index is 2.11.